The van der Waals surface area contributed by atoms with Crippen LogP contribution in [0.2, 0.25) is 0 Å². The van der Waals surface area contributed by atoms with Crippen molar-refractivity contribution in [2.45, 2.75) is 31.8 Å². The van der Waals surface area contributed by atoms with Crippen LogP contribution < -0.4 is 5.32 Å². The van der Waals surface area contributed by atoms with Gasteiger partial charge in [0.05, 0.1) is 12.6 Å². The van der Waals surface area contributed by atoms with E-state index in [1.807, 2.05) is 11.0 Å². The smallest absolute Gasteiger partial charge is 0.317 e. The van der Waals surface area contributed by atoms with Crippen molar-refractivity contribution in [2.75, 3.05) is 45.8 Å². The third-order valence-corrected chi connectivity index (χ3v) is 5.96. The molecule has 8 nitrogen and oxygen atoms in total. The summed E-state index contributed by atoms with van der Waals surface area (Å²) in [4.78, 5) is 23.7. The number of aromatic nitrogens is 3. The minimum absolute atomic E-state index is 0.0438. The number of nitrogens with one attached hydrogen (secondary N) is 2. The van der Waals surface area contributed by atoms with E-state index in [1.54, 1.807) is 0 Å². The molecule has 1 aromatic carbocycles. The molecule has 0 aliphatic carbocycles. The van der Waals surface area contributed by atoms with Crippen molar-refractivity contribution in [1.29, 1.82) is 0 Å². The molecule has 1 aromatic heterocycles. The van der Waals surface area contributed by atoms with Crippen LogP contribution >= 0.6 is 0 Å². The monoisotopic (exact) mass is 397 g/mol. The molecule has 0 bridgehead atoms. The van der Waals surface area contributed by atoms with Crippen LogP contribution in [0.25, 0.3) is 0 Å². The van der Waals surface area contributed by atoms with E-state index in [9.17, 15) is 4.79 Å². The normalized spacial score (nSPS) is 19.8. The van der Waals surface area contributed by atoms with Crippen LogP contribution in [0, 0.1) is 0 Å². The summed E-state index contributed by atoms with van der Waals surface area (Å²) in [6, 6.07) is 10.9. The maximum Gasteiger partial charge on any atom is 0.317 e. The first kappa shape index (κ1) is 19.8. The minimum atomic E-state index is 0.0438. The number of aromatic amines is 1. The highest BCUT2D eigenvalue weighted by atomic mass is 16.2. The zero-order chi connectivity index (χ0) is 19.9. The molecule has 0 radical (unpaired) electrons. The van der Waals surface area contributed by atoms with Gasteiger partial charge in [-0.15, -0.1) is 0 Å². The summed E-state index contributed by atoms with van der Waals surface area (Å²) in [5, 5.41) is 10.00. The van der Waals surface area contributed by atoms with Crippen LogP contribution in [-0.2, 0) is 6.54 Å². The predicted molar refractivity (Wildman–Crippen MR) is 111 cm³/mol. The molecule has 0 saturated carbocycles. The second-order valence-corrected chi connectivity index (χ2v) is 7.90. The summed E-state index contributed by atoms with van der Waals surface area (Å²) in [6.45, 7) is 6.79. The van der Waals surface area contributed by atoms with Gasteiger partial charge >= 0.3 is 6.03 Å². The third kappa shape index (κ3) is 5.33. The van der Waals surface area contributed by atoms with Crippen molar-refractivity contribution in [2.24, 2.45) is 0 Å². The number of urea groups is 1. The lowest BCUT2D eigenvalue weighted by Gasteiger charge is -2.37. The Morgan fingerprint density at radius 2 is 1.79 bits per heavy atom. The van der Waals surface area contributed by atoms with Crippen LogP contribution in [0.1, 0.15) is 36.7 Å². The van der Waals surface area contributed by atoms with Gasteiger partial charge in [-0.1, -0.05) is 36.8 Å². The highest BCUT2D eigenvalue weighted by molar-refractivity contribution is 5.74. The minimum Gasteiger partial charge on any atom is -0.336 e. The van der Waals surface area contributed by atoms with Crippen molar-refractivity contribution in [3.05, 3.63) is 48.0 Å². The zero-order valence-corrected chi connectivity index (χ0v) is 17.0. The molecule has 2 aliphatic rings. The molecule has 2 aliphatic heterocycles. The molecule has 2 amide bonds. The quantitative estimate of drug-likeness (QED) is 0.778. The molecule has 2 fully saturated rings. The SMILES string of the molecule is O=C(NC[C@H](c1ccccc1)N1CCCCC1)N1CCN(Cc2ncn[nH]2)CC1. The van der Waals surface area contributed by atoms with Gasteiger partial charge in [0, 0.05) is 32.7 Å². The summed E-state index contributed by atoms with van der Waals surface area (Å²) in [5.41, 5.74) is 1.28. The Kier molecular flexibility index (Phi) is 6.74. The molecule has 2 saturated heterocycles. The molecule has 3 heterocycles. The van der Waals surface area contributed by atoms with Crippen LogP contribution in [0.15, 0.2) is 36.7 Å². The van der Waals surface area contributed by atoms with Gasteiger partial charge in [-0.3, -0.25) is 14.9 Å². The lowest BCUT2D eigenvalue weighted by molar-refractivity contribution is 0.127. The Morgan fingerprint density at radius 1 is 1.03 bits per heavy atom. The van der Waals surface area contributed by atoms with E-state index in [2.05, 4.69) is 54.6 Å². The van der Waals surface area contributed by atoms with Crippen LogP contribution in [0.4, 0.5) is 4.79 Å². The molecule has 4 rings (SSSR count). The largest absolute Gasteiger partial charge is 0.336 e. The molecular formula is C21H31N7O. The molecule has 2 N–H and O–H groups in total. The number of piperazine rings is 1. The number of benzene rings is 1. The van der Waals surface area contributed by atoms with Gasteiger partial charge in [-0.05, 0) is 31.5 Å². The molecule has 2 aromatic rings. The molecule has 29 heavy (non-hydrogen) atoms. The Balaban J connectivity index is 1.29. The fourth-order valence-corrected chi connectivity index (χ4v) is 4.29. The van der Waals surface area contributed by atoms with Gasteiger partial charge in [0.1, 0.15) is 12.2 Å². The molecule has 8 heteroatoms. The van der Waals surface area contributed by atoms with Gasteiger partial charge < -0.3 is 10.2 Å². The molecule has 0 unspecified atom stereocenters. The van der Waals surface area contributed by atoms with E-state index in [4.69, 9.17) is 0 Å². The van der Waals surface area contributed by atoms with E-state index in [1.165, 1.54) is 31.2 Å². The number of hydrogen-bond acceptors (Lipinski definition) is 5. The predicted octanol–water partition coefficient (Wildman–Crippen LogP) is 1.86. The number of rotatable bonds is 6. The van der Waals surface area contributed by atoms with Crippen molar-refractivity contribution in [3.8, 4) is 0 Å². The fraction of sp³-hybridized carbons (Fsp3) is 0.571. The van der Waals surface area contributed by atoms with Crippen LogP contribution in [0.5, 0.6) is 0 Å². The van der Waals surface area contributed by atoms with E-state index >= 15 is 0 Å². The van der Waals surface area contributed by atoms with E-state index in [0.717, 1.165) is 51.6 Å². The average Bonchev–Trinajstić information content (AvgIpc) is 3.29. The van der Waals surface area contributed by atoms with Crippen molar-refractivity contribution >= 4 is 6.03 Å². The third-order valence-electron chi connectivity index (χ3n) is 5.96. The number of hydrogen-bond donors (Lipinski definition) is 2. The Morgan fingerprint density at radius 3 is 2.48 bits per heavy atom. The Bertz CT molecular complexity index is 738. The number of piperidine rings is 1. The second kappa shape index (κ2) is 9.84. The number of likely N-dealkylation sites (tertiary alicyclic amines) is 1. The number of amides is 2. The Labute approximate surface area is 172 Å². The van der Waals surface area contributed by atoms with E-state index in [-0.39, 0.29) is 12.1 Å². The molecule has 156 valence electrons. The number of nitrogens with zero attached hydrogens (tertiary/aromatic N) is 5. The van der Waals surface area contributed by atoms with E-state index in [0.29, 0.717) is 6.54 Å². The van der Waals surface area contributed by atoms with Crippen molar-refractivity contribution < 1.29 is 4.79 Å². The van der Waals surface area contributed by atoms with Gasteiger partial charge in [-0.2, -0.15) is 5.10 Å². The highest BCUT2D eigenvalue weighted by Crippen LogP contribution is 2.24. The standard InChI is InChI=1S/C21H31N7O/c29-21(28-13-11-26(12-14-28)16-20-23-17-24-25-20)22-15-19(18-7-3-1-4-8-18)27-9-5-2-6-10-27/h1,3-4,7-8,17,19H,2,5-6,9-16H2,(H,22,29)(H,23,24,25)/t19-/m1/s1. The second-order valence-electron chi connectivity index (χ2n) is 7.90. The Hall–Kier alpha value is -2.45. The summed E-state index contributed by atoms with van der Waals surface area (Å²) in [7, 11) is 0. The van der Waals surface area contributed by atoms with Gasteiger partial charge in [0.25, 0.3) is 0 Å². The number of carbonyl (C=O) groups excluding carboxylic acids is 1. The molecule has 1 atom stereocenters. The van der Waals surface area contributed by atoms with Crippen LogP contribution in [0.3, 0.4) is 0 Å². The maximum atomic E-state index is 12.8. The van der Waals surface area contributed by atoms with Crippen molar-refractivity contribution in [1.82, 2.24) is 35.2 Å². The van der Waals surface area contributed by atoms with Crippen LogP contribution in [-0.4, -0.2) is 81.7 Å². The van der Waals surface area contributed by atoms with E-state index < -0.39 is 0 Å². The number of H-pyrrole nitrogens is 1. The first-order valence-electron chi connectivity index (χ1n) is 10.7. The number of carbonyl (C=O) groups is 1. The summed E-state index contributed by atoms with van der Waals surface area (Å²) in [5.74, 6) is 0.870. The molecule has 0 spiro atoms. The molecular weight excluding hydrogens is 366 g/mol. The zero-order valence-electron chi connectivity index (χ0n) is 17.0. The maximum absolute atomic E-state index is 12.8. The van der Waals surface area contributed by atoms with Gasteiger partial charge in [0.2, 0.25) is 0 Å². The summed E-state index contributed by atoms with van der Waals surface area (Å²) < 4.78 is 0. The topological polar surface area (TPSA) is 80.4 Å². The summed E-state index contributed by atoms with van der Waals surface area (Å²) >= 11 is 0. The first-order valence-corrected chi connectivity index (χ1v) is 10.7. The van der Waals surface area contributed by atoms with Gasteiger partial charge in [0.15, 0.2) is 0 Å². The highest BCUT2D eigenvalue weighted by Gasteiger charge is 2.25. The summed E-state index contributed by atoms with van der Waals surface area (Å²) in [6.07, 6.45) is 5.32. The fourth-order valence-electron chi connectivity index (χ4n) is 4.29. The van der Waals surface area contributed by atoms with Gasteiger partial charge in [-0.25, -0.2) is 9.78 Å². The lowest BCUT2D eigenvalue weighted by Crippen LogP contribution is -2.52. The lowest BCUT2D eigenvalue weighted by atomic mass is 10.0. The first-order chi connectivity index (χ1) is 14.3. The van der Waals surface area contributed by atoms with Crippen molar-refractivity contribution in [3.63, 3.8) is 0 Å². The average molecular weight is 398 g/mol.